The number of benzene rings is 2. The zero-order chi connectivity index (χ0) is 31.8. The maximum absolute atomic E-state index is 12.7. The van der Waals surface area contributed by atoms with Crippen LogP contribution in [0.1, 0.15) is 11.8 Å². The maximum Gasteiger partial charge on any atom is 0.489 e. The average molecular weight is 684 g/mol. The number of para-hydroxylation sites is 1. The summed E-state index contributed by atoms with van der Waals surface area (Å²) in [6.07, 6.45) is -1.32. The SMILES string of the molecule is Nc1ncnc2c1ncn2C1OC(COP(=O)(O)OP(=O)(O)OP(=O)(O)Nc2ccccc2)C2OC(Cc3ccccc3)OC21. The Labute approximate surface area is 254 Å². The van der Waals surface area contributed by atoms with Gasteiger partial charge in [-0.3, -0.25) is 14.2 Å². The van der Waals surface area contributed by atoms with Crippen LogP contribution in [0.2, 0.25) is 0 Å². The van der Waals surface area contributed by atoms with Crippen molar-refractivity contribution >= 4 is 46.1 Å². The molecule has 6 rings (SSSR count). The maximum atomic E-state index is 12.7. The third-order valence-electron chi connectivity index (χ3n) is 6.68. The number of phosphoric ester groups is 1. The van der Waals surface area contributed by atoms with Gasteiger partial charge in [0.15, 0.2) is 24.0 Å². The first-order valence-electron chi connectivity index (χ1n) is 13.2. The molecular formula is C24H27N6O12P3. The number of anilines is 2. The van der Waals surface area contributed by atoms with Gasteiger partial charge in [0, 0.05) is 12.1 Å². The van der Waals surface area contributed by atoms with Gasteiger partial charge in [0.1, 0.15) is 30.2 Å². The highest BCUT2D eigenvalue weighted by atomic mass is 31.3. The van der Waals surface area contributed by atoms with E-state index in [-0.39, 0.29) is 11.5 Å². The minimum absolute atomic E-state index is 0.0680. The molecule has 45 heavy (non-hydrogen) atoms. The molecule has 6 N–H and O–H groups in total. The van der Waals surface area contributed by atoms with E-state index >= 15 is 0 Å². The lowest BCUT2D eigenvalue weighted by Crippen LogP contribution is -2.31. The summed E-state index contributed by atoms with van der Waals surface area (Å²) < 4.78 is 70.9. The monoisotopic (exact) mass is 684 g/mol. The summed E-state index contributed by atoms with van der Waals surface area (Å²) in [7, 11) is -16.1. The number of phosphoric acid groups is 2. The number of aromatic nitrogens is 4. The zero-order valence-electron chi connectivity index (χ0n) is 23.0. The molecule has 0 saturated carbocycles. The Balaban J connectivity index is 1.16. The average Bonchev–Trinajstić information content (AvgIpc) is 3.66. The minimum atomic E-state index is -5.64. The van der Waals surface area contributed by atoms with Crippen LogP contribution in [-0.4, -0.2) is 65.4 Å². The second kappa shape index (κ2) is 12.6. The van der Waals surface area contributed by atoms with Crippen LogP contribution >= 0.6 is 23.4 Å². The number of nitrogens with zero attached hydrogens (tertiary/aromatic N) is 4. The van der Waals surface area contributed by atoms with Gasteiger partial charge in [-0.1, -0.05) is 48.5 Å². The molecule has 0 radical (unpaired) electrons. The third kappa shape index (κ3) is 7.50. The van der Waals surface area contributed by atoms with Crippen LogP contribution in [0.5, 0.6) is 0 Å². The summed E-state index contributed by atoms with van der Waals surface area (Å²) >= 11 is 0. The predicted molar refractivity (Wildman–Crippen MR) is 155 cm³/mol. The normalized spacial score (nSPS) is 27.0. The summed E-state index contributed by atoms with van der Waals surface area (Å²) in [6.45, 7) is -0.699. The highest BCUT2D eigenvalue weighted by molar-refractivity contribution is 7.68. The molecule has 8 unspecified atom stereocenters. The fourth-order valence-electron chi connectivity index (χ4n) is 4.89. The summed E-state index contributed by atoms with van der Waals surface area (Å²) in [6, 6.07) is 16.8. The number of nitrogens with two attached hydrogens (primary N) is 1. The van der Waals surface area contributed by atoms with Crippen LogP contribution in [0.4, 0.5) is 11.5 Å². The van der Waals surface area contributed by atoms with Crippen molar-refractivity contribution in [2.75, 3.05) is 17.4 Å². The Bertz CT molecular complexity index is 1800. The van der Waals surface area contributed by atoms with Crippen LogP contribution in [0.3, 0.4) is 0 Å². The number of nitrogens with one attached hydrogen (secondary N) is 1. The highest BCUT2D eigenvalue weighted by Gasteiger charge is 2.54. The Hall–Kier alpha value is -3.08. The first-order chi connectivity index (χ1) is 21.4. The fourth-order valence-corrected chi connectivity index (χ4v) is 8.60. The molecule has 0 bridgehead atoms. The number of fused-ring (bicyclic) bond motifs is 2. The molecule has 240 valence electrons. The molecule has 2 aliphatic rings. The van der Waals surface area contributed by atoms with Crippen molar-refractivity contribution in [1.82, 2.24) is 19.5 Å². The van der Waals surface area contributed by atoms with Crippen LogP contribution in [-0.2, 0) is 47.5 Å². The molecule has 21 heteroatoms. The van der Waals surface area contributed by atoms with Gasteiger partial charge >= 0.3 is 23.4 Å². The molecule has 2 aromatic heterocycles. The number of imidazole rings is 1. The van der Waals surface area contributed by atoms with Crippen molar-refractivity contribution in [2.24, 2.45) is 0 Å². The van der Waals surface area contributed by atoms with Crippen LogP contribution < -0.4 is 10.8 Å². The Morgan fingerprint density at radius 2 is 1.56 bits per heavy atom. The molecule has 0 spiro atoms. The quantitative estimate of drug-likeness (QED) is 0.134. The predicted octanol–water partition coefficient (Wildman–Crippen LogP) is 3.12. The van der Waals surface area contributed by atoms with Gasteiger partial charge < -0.3 is 34.6 Å². The Kier molecular flexibility index (Phi) is 8.93. The lowest BCUT2D eigenvalue weighted by atomic mass is 10.1. The topological polar surface area (TPSA) is 249 Å². The molecular weight excluding hydrogens is 657 g/mol. The summed E-state index contributed by atoms with van der Waals surface area (Å²) in [5, 5.41) is 2.01. The van der Waals surface area contributed by atoms with Gasteiger partial charge in [0.2, 0.25) is 0 Å². The number of nitrogen functional groups attached to an aromatic ring is 1. The first-order valence-corrected chi connectivity index (χ1v) is 17.8. The van der Waals surface area contributed by atoms with E-state index in [1.165, 1.54) is 36.9 Å². The number of ether oxygens (including phenoxy) is 3. The van der Waals surface area contributed by atoms with E-state index in [0.717, 1.165) is 5.56 Å². The van der Waals surface area contributed by atoms with E-state index in [0.29, 0.717) is 17.6 Å². The number of hydrogen-bond acceptors (Lipinski definition) is 13. The summed E-state index contributed by atoms with van der Waals surface area (Å²) in [5.74, 6) is 0.138. The van der Waals surface area contributed by atoms with E-state index in [1.54, 1.807) is 10.6 Å². The van der Waals surface area contributed by atoms with Gasteiger partial charge in [-0.2, -0.15) is 8.62 Å². The van der Waals surface area contributed by atoms with Gasteiger partial charge in [-0.15, -0.1) is 0 Å². The summed E-state index contributed by atoms with van der Waals surface area (Å²) in [5.41, 5.74) is 7.56. The van der Waals surface area contributed by atoms with E-state index in [1.807, 2.05) is 35.4 Å². The highest BCUT2D eigenvalue weighted by Crippen LogP contribution is 2.67. The molecule has 2 saturated heterocycles. The van der Waals surface area contributed by atoms with Crippen molar-refractivity contribution in [3.8, 4) is 0 Å². The standard InChI is InChI=1S/C24H27N6O12P3/c25-22-19-23(27-13-26-22)30(14-28-19)24-21-20(39-18(40-21)11-15-7-3-1-4-8-15)17(38-24)12-37-44(33,34)42-45(35,36)41-43(31,32)29-16-9-5-2-6-10-16/h1-10,13-14,17-18,20-21,24H,11-12H2,(H,33,34)(H,35,36)(H2,25,26,27)(H2,29,31,32). The Morgan fingerprint density at radius 3 is 2.29 bits per heavy atom. The summed E-state index contributed by atoms with van der Waals surface area (Å²) in [4.78, 5) is 42.6. The van der Waals surface area contributed by atoms with E-state index < -0.39 is 60.8 Å². The third-order valence-corrected chi connectivity index (χ3v) is 11.1. The number of hydrogen-bond donors (Lipinski definition) is 5. The van der Waals surface area contributed by atoms with Crippen LogP contribution in [0.15, 0.2) is 73.3 Å². The Morgan fingerprint density at radius 1 is 0.867 bits per heavy atom. The molecule has 18 nitrogen and oxygen atoms in total. The van der Waals surface area contributed by atoms with Gasteiger partial charge in [0.05, 0.1) is 12.9 Å². The van der Waals surface area contributed by atoms with Crippen molar-refractivity contribution in [2.45, 2.75) is 37.3 Å². The van der Waals surface area contributed by atoms with Crippen LogP contribution in [0.25, 0.3) is 11.2 Å². The van der Waals surface area contributed by atoms with Crippen molar-refractivity contribution < 1.29 is 55.7 Å². The number of rotatable bonds is 12. The fraction of sp³-hybridized carbons (Fsp3) is 0.292. The van der Waals surface area contributed by atoms with Gasteiger partial charge in [-0.25, -0.2) is 28.6 Å². The van der Waals surface area contributed by atoms with Crippen molar-refractivity contribution in [3.63, 3.8) is 0 Å². The lowest BCUT2D eigenvalue weighted by molar-refractivity contribution is -0.149. The van der Waals surface area contributed by atoms with Crippen LogP contribution in [0, 0.1) is 0 Å². The van der Waals surface area contributed by atoms with E-state index in [2.05, 4.69) is 23.6 Å². The minimum Gasteiger partial charge on any atom is -0.382 e. The largest absolute Gasteiger partial charge is 0.489 e. The molecule has 0 aliphatic carbocycles. The van der Waals surface area contributed by atoms with Gasteiger partial charge in [0.25, 0.3) is 0 Å². The molecule has 2 aliphatic heterocycles. The second-order valence-corrected chi connectivity index (χ2v) is 14.6. The van der Waals surface area contributed by atoms with E-state index in [9.17, 15) is 28.4 Å². The van der Waals surface area contributed by atoms with Crippen molar-refractivity contribution in [3.05, 3.63) is 78.9 Å². The molecule has 4 aromatic rings. The smallest absolute Gasteiger partial charge is 0.382 e. The molecule has 8 atom stereocenters. The second-order valence-electron chi connectivity index (χ2n) is 9.86. The lowest BCUT2D eigenvalue weighted by Gasteiger charge is -2.22. The van der Waals surface area contributed by atoms with Crippen molar-refractivity contribution in [1.29, 1.82) is 0 Å². The molecule has 0 amide bonds. The molecule has 2 aromatic carbocycles. The van der Waals surface area contributed by atoms with Gasteiger partial charge in [-0.05, 0) is 17.7 Å². The first kappa shape index (κ1) is 31.9. The van der Waals surface area contributed by atoms with E-state index in [4.69, 9.17) is 24.5 Å². The zero-order valence-corrected chi connectivity index (χ0v) is 25.6. The molecule has 4 heterocycles. The molecule has 2 fully saturated rings.